The molecule has 0 unspecified atom stereocenters. The summed E-state index contributed by atoms with van der Waals surface area (Å²) in [6.45, 7) is 9.83. The molecule has 0 radical (unpaired) electrons. The Bertz CT molecular complexity index is 314. The smallest absolute Gasteiger partial charge is 0.00769 e. The Morgan fingerprint density at radius 2 is 1.71 bits per heavy atom. The molecule has 1 rings (SSSR count). The van der Waals surface area contributed by atoms with E-state index in [1.807, 2.05) is 7.05 Å². The first-order valence-corrected chi connectivity index (χ1v) is 6.55. The monoisotopic (exact) mass is 234 g/mol. The minimum atomic E-state index is 0.194. The van der Waals surface area contributed by atoms with Crippen molar-refractivity contribution in [1.82, 2.24) is 10.6 Å². The van der Waals surface area contributed by atoms with E-state index in [1.54, 1.807) is 0 Å². The molecule has 0 heterocycles. The topological polar surface area (TPSA) is 24.1 Å². The number of rotatable bonds is 7. The second-order valence-corrected chi connectivity index (χ2v) is 5.21. The molecule has 0 saturated heterocycles. The molecule has 0 spiro atoms. The number of nitrogens with one attached hydrogen (secondary N) is 2. The van der Waals surface area contributed by atoms with Crippen molar-refractivity contribution in [3.05, 3.63) is 35.4 Å². The van der Waals surface area contributed by atoms with Crippen LogP contribution in [0.1, 0.15) is 31.9 Å². The second kappa shape index (κ2) is 6.77. The van der Waals surface area contributed by atoms with Crippen molar-refractivity contribution in [2.75, 3.05) is 26.7 Å². The fourth-order valence-electron chi connectivity index (χ4n) is 1.91. The zero-order valence-corrected chi connectivity index (χ0v) is 11.6. The van der Waals surface area contributed by atoms with Gasteiger partial charge in [-0.3, -0.25) is 0 Å². The Hall–Kier alpha value is -0.860. The van der Waals surface area contributed by atoms with Crippen LogP contribution in [-0.2, 0) is 11.8 Å². The third-order valence-corrected chi connectivity index (χ3v) is 3.26. The van der Waals surface area contributed by atoms with E-state index in [2.05, 4.69) is 55.7 Å². The van der Waals surface area contributed by atoms with E-state index >= 15 is 0 Å². The van der Waals surface area contributed by atoms with Crippen molar-refractivity contribution >= 4 is 0 Å². The number of hydrogen-bond acceptors (Lipinski definition) is 2. The molecule has 17 heavy (non-hydrogen) atoms. The minimum absolute atomic E-state index is 0.194. The predicted molar refractivity (Wildman–Crippen MR) is 75.6 cm³/mol. The van der Waals surface area contributed by atoms with Crippen LogP contribution in [0, 0.1) is 0 Å². The van der Waals surface area contributed by atoms with Gasteiger partial charge in [0, 0.05) is 25.0 Å². The van der Waals surface area contributed by atoms with Crippen LogP contribution in [0.2, 0.25) is 0 Å². The normalized spacial score (nSPS) is 11.8. The highest BCUT2D eigenvalue weighted by Gasteiger charge is 2.19. The molecule has 2 nitrogen and oxygen atoms in total. The van der Waals surface area contributed by atoms with E-state index in [4.69, 9.17) is 0 Å². The minimum Gasteiger partial charge on any atom is -0.318 e. The number of aryl methyl sites for hydroxylation is 1. The van der Waals surface area contributed by atoms with E-state index in [-0.39, 0.29) is 5.41 Å². The summed E-state index contributed by atoms with van der Waals surface area (Å²) in [5.41, 5.74) is 3.01. The van der Waals surface area contributed by atoms with Gasteiger partial charge in [-0.2, -0.15) is 0 Å². The van der Waals surface area contributed by atoms with Gasteiger partial charge in [-0.1, -0.05) is 45.0 Å². The lowest BCUT2D eigenvalue weighted by Gasteiger charge is -2.26. The molecule has 0 saturated carbocycles. The fraction of sp³-hybridized carbons (Fsp3) is 0.600. The second-order valence-electron chi connectivity index (χ2n) is 5.21. The van der Waals surface area contributed by atoms with Crippen molar-refractivity contribution in [3.8, 4) is 0 Å². The lowest BCUT2D eigenvalue weighted by atomic mass is 9.84. The van der Waals surface area contributed by atoms with Crippen LogP contribution in [0.25, 0.3) is 0 Å². The molecule has 0 aliphatic rings. The highest BCUT2D eigenvalue weighted by Crippen LogP contribution is 2.22. The van der Waals surface area contributed by atoms with Gasteiger partial charge in [0.15, 0.2) is 0 Å². The van der Waals surface area contributed by atoms with Gasteiger partial charge < -0.3 is 10.6 Å². The molecule has 2 heteroatoms. The molecular formula is C15H26N2. The Balaban J connectivity index is 2.55. The SMILES string of the molecule is CCc1ccc(C(C)(C)CNCCNC)cc1. The van der Waals surface area contributed by atoms with E-state index in [1.165, 1.54) is 11.1 Å². The van der Waals surface area contributed by atoms with Gasteiger partial charge in [-0.15, -0.1) is 0 Å². The zero-order valence-electron chi connectivity index (χ0n) is 11.6. The van der Waals surface area contributed by atoms with Crippen LogP contribution < -0.4 is 10.6 Å². The molecule has 0 bridgehead atoms. The maximum Gasteiger partial charge on any atom is 0.00769 e. The highest BCUT2D eigenvalue weighted by atomic mass is 14.9. The van der Waals surface area contributed by atoms with Gasteiger partial charge >= 0.3 is 0 Å². The average molecular weight is 234 g/mol. The highest BCUT2D eigenvalue weighted by molar-refractivity contribution is 5.28. The summed E-state index contributed by atoms with van der Waals surface area (Å²) in [5, 5.41) is 6.64. The summed E-state index contributed by atoms with van der Waals surface area (Å²) in [7, 11) is 1.98. The van der Waals surface area contributed by atoms with Gasteiger partial charge in [-0.05, 0) is 24.6 Å². The fourth-order valence-corrected chi connectivity index (χ4v) is 1.91. The molecule has 0 fully saturated rings. The van der Waals surface area contributed by atoms with Crippen molar-refractivity contribution in [2.45, 2.75) is 32.6 Å². The maximum absolute atomic E-state index is 3.49. The number of hydrogen-bond donors (Lipinski definition) is 2. The summed E-state index contributed by atoms with van der Waals surface area (Å²) in [4.78, 5) is 0. The van der Waals surface area contributed by atoms with E-state index in [9.17, 15) is 0 Å². The van der Waals surface area contributed by atoms with Crippen molar-refractivity contribution in [1.29, 1.82) is 0 Å². The van der Waals surface area contributed by atoms with Crippen molar-refractivity contribution in [3.63, 3.8) is 0 Å². The third-order valence-electron chi connectivity index (χ3n) is 3.26. The van der Waals surface area contributed by atoms with Gasteiger partial charge in [0.2, 0.25) is 0 Å². The average Bonchev–Trinajstić information content (AvgIpc) is 2.35. The molecular weight excluding hydrogens is 208 g/mol. The Morgan fingerprint density at radius 3 is 2.24 bits per heavy atom. The van der Waals surface area contributed by atoms with Crippen LogP contribution >= 0.6 is 0 Å². The first-order valence-electron chi connectivity index (χ1n) is 6.55. The van der Waals surface area contributed by atoms with Gasteiger partial charge in [0.25, 0.3) is 0 Å². The summed E-state index contributed by atoms with van der Waals surface area (Å²) < 4.78 is 0. The van der Waals surface area contributed by atoms with E-state index in [0.29, 0.717) is 0 Å². The maximum atomic E-state index is 3.49. The van der Waals surface area contributed by atoms with Crippen LogP contribution in [0.5, 0.6) is 0 Å². The van der Waals surface area contributed by atoms with Crippen molar-refractivity contribution in [2.24, 2.45) is 0 Å². The van der Waals surface area contributed by atoms with Gasteiger partial charge in [0.05, 0.1) is 0 Å². The standard InChI is InChI=1S/C15H26N2/c1-5-13-6-8-14(9-7-13)15(2,3)12-17-11-10-16-4/h6-9,16-17H,5,10-12H2,1-4H3. The van der Waals surface area contributed by atoms with Crippen LogP contribution in [-0.4, -0.2) is 26.7 Å². The third kappa shape index (κ3) is 4.49. The van der Waals surface area contributed by atoms with Crippen LogP contribution in [0.15, 0.2) is 24.3 Å². The first-order chi connectivity index (χ1) is 8.10. The molecule has 0 aliphatic carbocycles. The molecule has 2 N–H and O–H groups in total. The number of benzene rings is 1. The lowest BCUT2D eigenvalue weighted by molar-refractivity contribution is 0.468. The first kappa shape index (κ1) is 14.2. The van der Waals surface area contributed by atoms with Gasteiger partial charge in [0.1, 0.15) is 0 Å². The molecule has 96 valence electrons. The molecule has 0 amide bonds. The van der Waals surface area contributed by atoms with Crippen molar-refractivity contribution < 1.29 is 0 Å². The largest absolute Gasteiger partial charge is 0.318 e. The molecule has 0 atom stereocenters. The Morgan fingerprint density at radius 1 is 1.06 bits per heavy atom. The van der Waals surface area contributed by atoms with Crippen LogP contribution in [0.3, 0.4) is 0 Å². The lowest BCUT2D eigenvalue weighted by Crippen LogP contribution is -2.36. The van der Waals surface area contributed by atoms with Gasteiger partial charge in [-0.25, -0.2) is 0 Å². The quantitative estimate of drug-likeness (QED) is 0.708. The zero-order chi connectivity index (χ0) is 12.7. The predicted octanol–water partition coefficient (Wildman–Crippen LogP) is 2.34. The Labute approximate surface area is 106 Å². The number of likely N-dealkylation sites (N-methyl/N-ethyl adjacent to an activating group) is 1. The van der Waals surface area contributed by atoms with E-state index < -0.39 is 0 Å². The van der Waals surface area contributed by atoms with Crippen LogP contribution in [0.4, 0.5) is 0 Å². The molecule has 1 aromatic carbocycles. The molecule has 0 aliphatic heterocycles. The Kier molecular flexibility index (Phi) is 5.66. The summed E-state index contributed by atoms with van der Waals surface area (Å²) in [6.07, 6.45) is 1.11. The summed E-state index contributed by atoms with van der Waals surface area (Å²) in [5.74, 6) is 0. The molecule has 1 aromatic rings. The summed E-state index contributed by atoms with van der Waals surface area (Å²) in [6, 6.07) is 9.01. The summed E-state index contributed by atoms with van der Waals surface area (Å²) >= 11 is 0. The van der Waals surface area contributed by atoms with E-state index in [0.717, 1.165) is 26.1 Å². The molecule has 0 aromatic heterocycles.